The summed E-state index contributed by atoms with van der Waals surface area (Å²) in [6.07, 6.45) is -2.76. The summed E-state index contributed by atoms with van der Waals surface area (Å²) >= 11 is 1.64. The number of halogens is 3. The summed E-state index contributed by atoms with van der Waals surface area (Å²) in [5.41, 5.74) is 0. The van der Waals surface area contributed by atoms with Gasteiger partial charge < -0.3 is 14.9 Å². The molecular weight excluding hydrogens is 335 g/mol. The molecule has 1 fully saturated rings. The first-order valence-electron chi connectivity index (χ1n) is 6.76. The highest BCUT2D eigenvalue weighted by atomic mass is 32.1. The lowest BCUT2D eigenvalue weighted by atomic mass is 10.00. The molecule has 10 heteroatoms. The Morgan fingerprint density at radius 1 is 1.48 bits per heavy atom. The van der Waals surface area contributed by atoms with Crippen LogP contribution in [0.5, 0.6) is 0 Å². The number of thiophene rings is 1. The molecule has 0 radical (unpaired) electrons. The molecule has 2 aromatic rings. The van der Waals surface area contributed by atoms with Crippen LogP contribution in [-0.2, 0) is 4.79 Å². The number of hydrogen-bond donors (Lipinski definition) is 2. The van der Waals surface area contributed by atoms with Crippen molar-refractivity contribution in [1.82, 2.24) is 15.5 Å². The number of aliphatic carboxylic acids is 1. The lowest BCUT2D eigenvalue weighted by molar-refractivity contribution is -0.192. The zero-order valence-electron chi connectivity index (χ0n) is 11.8. The van der Waals surface area contributed by atoms with E-state index >= 15 is 0 Å². The van der Waals surface area contributed by atoms with E-state index < -0.39 is 12.1 Å². The molecule has 3 heterocycles. The third-order valence-corrected chi connectivity index (χ3v) is 3.94. The minimum absolute atomic E-state index is 0.384. The summed E-state index contributed by atoms with van der Waals surface area (Å²) < 4.78 is 37.1. The number of carboxylic acid groups (broad SMARTS) is 1. The van der Waals surface area contributed by atoms with E-state index in [0.29, 0.717) is 5.92 Å². The molecule has 1 saturated heterocycles. The summed E-state index contributed by atoms with van der Waals surface area (Å²) in [6, 6.07) is 4.01. The second kappa shape index (κ2) is 7.55. The molecule has 0 amide bonds. The first kappa shape index (κ1) is 17.4. The summed E-state index contributed by atoms with van der Waals surface area (Å²) in [6.45, 7) is 2.05. The maximum Gasteiger partial charge on any atom is 0.490 e. The zero-order chi connectivity index (χ0) is 16.9. The maximum atomic E-state index is 10.6. The van der Waals surface area contributed by atoms with E-state index in [1.54, 1.807) is 11.3 Å². The van der Waals surface area contributed by atoms with Crippen LogP contribution in [0.4, 0.5) is 13.2 Å². The standard InChI is InChI=1S/C11H13N3OS.C2HF3O2/c1-3-8(7-12-5-1)11-13-10(14-15-11)9-4-2-6-16-9;3-2(4,5)1(6)7/h2,4,6,8,12H,1,3,5,7H2;(H,6,7). The molecule has 6 nitrogen and oxygen atoms in total. The monoisotopic (exact) mass is 349 g/mol. The van der Waals surface area contributed by atoms with E-state index in [0.717, 1.165) is 36.1 Å². The fraction of sp³-hybridized carbons (Fsp3) is 0.462. The highest BCUT2D eigenvalue weighted by Crippen LogP contribution is 2.26. The van der Waals surface area contributed by atoms with Crippen molar-refractivity contribution in [2.24, 2.45) is 0 Å². The van der Waals surface area contributed by atoms with Gasteiger partial charge in [0.05, 0.1) is 10.8 Å². The predicted octanol–water partition coefficient (Wildman–Crippen LogP) is 2.90. The number of aromatic nitrogens is 2. The number of nitrogens with zero attached hydrogens (tertiary/aromatic N) is 2. The molecule has 1 aliphatic rings. The molecule has 1 unspecified atom stereocenters. The lowest BCUT2D eigenvalue weighted by Crippen LogP contribution is -2.28. The molecule has 0 saturated carbocycles. The Balaban J connectivity index is 0.000000236. The van der Waals surface area contributed by atoms with Crippen molar-refractivity contribution in [3.63, 3.8) is 0 Å². The Hall–Kier alpha value is -1.94. The van der Waals surface area contributed by atoms with Gasteiger partial charge >= 0.3 is 12.1 Å². The molecular formula is C13H14F3N3O3S. The zero-order valence-corrected chi connectivity index (χ0v) is 12.7. The molecule has 23 heavy (non-hydrogen) atoms. The Morgan fingerprint density at radius 2 is 2.22 bits per heavy atom. The average Bonchev–Trinajstić information content (AvgIpc) is 3.19. The van der Waals surface area contributed by atoms with Gasteiger partial charge in [-0.25, -0.2) is 4.79 Å². The van der Waals surface area contributed by atoms with E-state index in [1.165, 1.54) is 6.42 Å². The van der Waals surface area contributed by atoms with Crippen molar-refractivity contribution in [3.8, 4) is 10.7 Å². The van der Waals surface area contributed by atoms with Crippen LogP contribution < -0.4 is 5.32 Å². The van der Waals surface area contributed by atoms with Gasteiger partial charge in [-0.3, -0.25) is 0 Å². The van der Waals surface area contributed by atoms with Crippen LogP contribution in [0, 0.1) is 0 Å². The first-order chi connectivity index (χ1) is 10.9. The quantitative estimate of drug-likeness (QED) is 0.867. The number of piperidine rings is 1. The minimum atomic E-state index is -5.08. The van der Waals surface area contributed by atoms with E-state index in [-0.39, 0.29) is 0 Å². The molecule has 1 atom stereocenters. The Bertz CT molecular complexity index is 622. The summed E-state index contributed by atoms with van der Waals surface area (Å²) in [5.74, 6) is -0.881. The summed E-state index contributed by atoms with van der Waals surface area (Å²) in [5, 5.41) is 16.5. The third-order valence-electron chi connectivity index (χ3n) is 3.07. The Labute approximate surface area is 133 Å². The van der Waals surface area contributed by atoms with Crippen molar-refractivity contribution in [1.29, 1.82) is 0 Å². The van der Waals surface area contributed by atoms with Gasteiger partial charge in [-0.2, -0.15) is 18.2 Å². The van der Waals surface area contributed by atoms with E-state index in [4.69, 9.17) is 14.4 Å². The van der Waals surface area contributed by atoms with Crippen LogP contribution in [0.1, 0.15) is 24.7 Å². The smallest absolute Gasteiger partial charge is 0.475 e. The van der Waals surface area contributed by atoms with Crippen LogP contribution in [0.3, 0.4) is 0 Å². The van der Waals surface area contributed by atoms with Gasteiger partial charge in [0.15, 0.2) is 0 Å². The van der Waals surface area contributed by atoms with Gasteiger partial charge in [0, 0.05) is 6.54 Å². The number of hydrogen-bond acceptors (Lipinski definition) is 6. The molecule has 2 N–H and O–H groups in total. The fourth-order valence-corrected chi connectivity index (χ4v) is 2.62. The largest absolute Gasteiger partial charge is 0.490 e. The molecule has 3 rings (SSSR count). The molecule has 0 bridgehead atoms. The number of alkyl halides is 3. The highest BCUT2D eigenvalue weighted by molar-refractivity contribution is 7.13. The van der Waals surface area contributed by atoms with Gasteiger partial charge in [-0.05, 0) is 30.8 Å². The van der Waals surface area contributed by atoms with Gasteiger partial charge in [-0.1, -0.05) is 11.2 Å². The molecule has 0 aromatic carbocycles. The molecule has 126 valence electrons. The van der Waals surface area contributed by atoms with Crippen LogP contribution in [0.25, 0.3) is 10.7 Å². The normalized spacial score (nSPS) is 18.1. The SMILES string of the molecule is O=C(O)C(F)(F)F.c1csc(-c2noc(C3CCCNC3)n2)c1. The fourth-order valence-electron chi connectivity index (χ4n) is 1.97. The molecule has 0 aliphatic carbocycles. The first-order valence-corrected chi connectivity index (χ1v) is 7.64. The van der Waals surface area contributed by atoms with Crippen molar-refractivity contribution < 1.29 is 27.6 Å². The van der Waals surface area contributed by atoms with Crippen molar-refractivity contribution in [3.05, 3.63) is 23.4 Å². The number of rotatable bonds is 2. The van der Waals surface area contributed by atoms with Gasteiger partial charge in [-0.15, -0.1) is 11.3 Å². The molecule has 0 spiro atoms. The average molecular weight is 349 g/mol. The van der Waals surface area contributed by atoms with E-state index in [1.807, 2.05) is 17.5 Å². The molecule has 1 aliphatic heterocycles. The number of nitrogens with one attached hydrogen (secondary N) is 1. The van der Waals surface area contributed by atoms with Crippen LogP contribution in [0.15, 0.2) is 22.0 Å². The lowest BCUT2D eigenvalue weighted by Gasteiger charge is -2.18. The van der Waals surface area contributed by atoms with Crippen molar-refractivity contribution in [2.75, 3.05) is 13.1 Å². The van der Waals surface area contributed by atoms with E-state index in [2.05, 4.69) is 15.5 Å². The Morgan fingerprint density at radius 3 is 2.74 bits per heavy atom. The second-order valence-corrected chi connectivity index (χ2v) is 5.73. The third kappa shape index (κ3) is 5.03. The predicted molar refractivity (Wildman–Crippen MR) is 76.1 cm³/mol. The topological polar surface area (TPSA) is 88.2 Å². The second-order valence-electron chi connectivity index (χ2n) is 4.78. The van der Waals surface area contributed by atoms with Gasteiger partial charge in [0.2, 0.25) is 11.7 Å². The summed E-state index contributed by atoms with van der Waals surface area (Å²) in [7, 11) is 0. The maximum absolute atomic E-state index is 10.6. The summed E-state index contributed by atoms with van der Waals surface area (Å²) in [4.78, 5) is 14.4. The van der Waals surface area contributed by atoms with Crippen molar-refractivity contribution in [2.45, 2.75) is 24.9 Å². The minimum Gasteiger partial charge on any atom is -0.475 e. The molecule has 2 aromatic heterocycles. The van der Waals surface area contributed by atoms with E-state index in [9.17, 15) is 13.2 Å². The van der Waals surface area contributed by atoms with Gasteiger partial charge in [0.25, 0.3) is 0 Å². The van der Waals surface area contributed by atoms with Crippen molar-refractivity contribution >= 4 is 17.3 Å². The number of carboxylic acids is 1. The Kier molecular flexibility index (Phi) is 5.72. The van der Waals surface area contributed by atoms with Crippen LogP contribution in [-0.4, -0.2) is 40.5 Å². The van der Waals surface area contributed by atoms with Gasteiger partial charge in [0.1, 0.15) is 0 Å². The number of carbonyl (C=O) groups is 1. The highest BCUT2D eigenvalue weighted by Gasteiger charge is 2.38. The van der Waals surface area contributed by atoms with Crippen LogP contribution in [0.2, 0.25) is 0 Å². The van der Waals surface area contributed by atoms with Crippen LogP contribution >= 0.6 is 11.3 Å².